The molecule has 0 unspecified atom stereocenters. The molecule has 3 heteroatoms. The highest BCUT2D eigenvalue weighted by Crippen LogP contribution is 2.19. The minimum atomic E-state index is 0.113. The zero-order valence-electron chi connectivity index (χ0n) is 13.3. The summed E-state index contributed by atoms with van der Waals surface area (Å²) >= 11 is 0. The van der Waals surface area contributed by atoms with Crippen LogP contribution in [0.5, 0.6) is 0 Å². The molecule has 1 heterocycles. The molecule has 0 amide bonds. The second-order valence-corrected chi connectivity index (χ2v) is 7.34. The van der Waals surface area contributed by atoms with Crippen LogP contribution in [-0.2, 0) is 17.9 Å². The maximum atomic E-state index is 5.71. The lowest BCUT2D eigenvalue weighted by Crippen LogP contribution is -2.35. The third-order valence-corrected chi connectivity index (χ3v) is 2.88. The van der Waals surface area contributed by atoms with Gasteiger partial charge in [-0.05, 0) is 38.7 Å². The lowest BCUT2D eigenvalue weighted by Gasteiger charge is -2.20. The van der Waals surface area contributed by atoms with E-state index in [1.54, 1.807) is 6.26 Å². The molecule has 0 spiro atoms. The summed E-state index contributed by atoms with van der Waals surface area (Å²) in [5.41, 5.74) is 1.62. The first-order valence-electron chi connectivity index (χ1n) is 7.05. The summed E-state index contributed by atoms with van der Waals surface area (Å²) in [6.07, 6.45) is 2.80. The fourth-order valence-corrected chi connectivity index (χ4v) is 1.55. The van der Waals surface area contributed by atoms with Gasteiger partial charge in [-0.2, -0.15) is 0 Å². The van der Waals surface area contributed by atoms with Gasteiger partial charge in [-0.25, -0.2) is 0 Å². The van der Waals surface area contributed by atoms with Crippen molar-refractivity contribution in [3.05, 3.63) is 23.7 Å². The molecule has 1 rings (SSSR count). The molecule has 19 heavy (non-hydrogen) atoms. The fourth-order valence-electron chi connectivity index (χ4n) is 1.55. The summed E-state index contributed by atoms with van der Waals surface area (Å²) in [5.74, 6) is 0.936. The van der Waals surface area contributed by atoms with Gasteiger partial charge in [0.1, 0.15) is 12.4 Å². The largest absolute Gasteiger partial charge is 0.467 e. The van der Waals surface area contributed by atoms with Gasteiger partial charge in [0.15, 0.2) is 0 Å². The van der Waals surface area contributed by atoms with Gasteiger partial charge >= 0.3 is 0 Å². The van der Waals surface area contributed by atoms with Gasteiger partial charge in [0, 0.05) is 24.3 Å². The Morgan fingerprint density at radius 3 is 2.42 bits per heavy atom. The van der Waals surface area contributed by atoms with Crippen LogP contribution in [0.25, 0.3) is 0 Å². The van der Waals surface area contributed by atoms with Crippen molar-refractivity contribution in [1.29, 1.82) is 0 Å². The molecule has 0 atom stereocenters. The van der Waals surface area contributed by atoms with E-state index in [1.807, 2.05) is 6.07 Å². The predicted octanol–water partition coefficient (Wildman–Crippen LogP) is 4.12. The van der Waals surface area contributed by atoms with Crippen LogP contribution in [0.4, 0.5) is 0 Å². The zero-order valence-corrected chi connectivity index (χ0v) is 13.3. The summed E-state index contributed by atoms with van der Waals surface area (Å²) in [5, 5.41) is 3.46. The zero-order chi connectivity index (χ0) is 14.5. The van der Waals surface area contributed by atoms with Gasteiger partial charge < -0.3 is 14.5 Å². The molecule has 0 aliphatic heterocycles. The summed E-state index contributed by atoms with van der Waals surface area (Å²) in [6.45, 7) is 15.3. The van der Waals surface area contributed by atoms with E-state index in [-0.39, 0.29) is 5.54 Å². The minimum absolute atomic E-state index is 0.113. The lowest BCUT2D eigenvalue weighted by atomic mass is 9.93. The Hall–Kier alpha value is -0.800. The van der Waals surface area contributed by atoms with Gasteiger partial charge in [0.25, 0.3) is 0 Å². The van der Waals surface area contributed by atoms with Crippen LogP contribution in [0.15, 0.2) is 16.7 Å². The molecular formula is C16H29NO2. The number of hydrogen-bond donors (Lipinski definition) is 1. The topological polar surface area (TPSA) is 34.4 Å². The van der Waals surface area contributed by atoms with Gasteiger partial charge in [-0.15, -0.1) is 0 Å². The van der Waals surface area contributed by atoms with Crippen molar-refractivity contribution >= 4 is 0 Å². The Kier molecular flexibility index (Phi) is 5.63. The molecule has 0 aliphatic carbocycles. The molecule has 0 fully saturated rings. The highest BCUT2D eigenvalue weighted by molar-refractivity contribution is 5.16. The first kappa shape index (κ1) is 16.3. The Morgan fingerprint density at radius 1 is 1.16 bits per heavy atom. The van der Waals surface area contributed by atoms with Crippen LogP contribution in [-0.4, -0.2) is 12.1 Å². The van der Waals surface area contributed by atoms with E-state index in [0.717, 1.165) is 25.3 Å². The van der Waals surface area contributed by atoms with E-state index < -0.39 is 0 Å². The van der Waals surface area contributed by atoms with Gasteiger partial charge in [0.2, 0.25) is 0 Å². The molecular weight excluding hydrogens is 238 g/mol. The van der Waals surface area contributed by atoms with Crippen LogP contribution in [0.3, 0.4) is 0 Å². The van der Waals surface area contributed by atoms with Crippen molar-refractivity contribution in [2.24, 2.45) is 5.41 Å². The normalized spacial score (nSPS) is 12.9. The quantitative estimate of drug-likeness (QED) is 0.787. The van der Waals surface area contributed by atoms with Crippen LogP contribution < -0.4 is 5.32 Å². The second-order valence-electron chi connectivity index (χ2n) is 7.34. The lowest BCUT2D eigenvalue weighted by molar-refractivity contribution is 0.0836. The van der Waals surface area contributed by atoms with Gasteiger partial charge in [0.05, 0.1) is 6.26 Å². The van der Waals surface area contributed by atoms with E-state index in [4.69, 9.17) is 9.15 Å². The van der Waals surface area contributed by atoms with Crippen molar-refractivity contribution in [2.75, 3.05) is 6.61 Å². The monoisotopic (exact) mass is 267 g/mol. The van der Waals surface area contributed by atoms with E-state index in [1.165, 1.54) is 5.56 Å². The summed E-state index contributed by atoms with van der Waals surface area (Å²) in [4.78, 5) is 0. The van der Waals surface area contributed by atoms with Gasteiger partial charge in [-0.3, -0.25) is 0 Å². The Morgan fingerprint density at radius 2 is 1.84 bits per heavy atom. The SMILES string of the molecule is CC(C)(C)CCOCc1occc1CNC(C)(C)C. The third-order valence-electron chi connectivity index (χ3n) is 2.88. The average Bonchev–Trinajstić information content (AvgIpc) is 2.66. The smallest absolute Gasteiger partial charge is 0.133 e. The summed E-state index contributed by atoms with van der Waals surface area (Å²) in [6, 6.07) is 2.02. The molecule has 1 aromatic heterocycles. The predicted molar refractivity (Wildman–Crippen MR) is 79.0 cm³/mol. The van der Waals surface area contributed by atoms with Crippen LogP contribution in [0.1, 0.15) is 59.3 Å². The van der Waals surface area contributed by atoms with E-state index in [9.17, 15) is 0 Å². The second kappa shape index (κ2) is 6.58. The molecule has 0 aromatic carbocycles. The molecule has 0 bridgehead atoms. The molecule has 0 aliphatic rings. The molecule has 0 saturated carbocycles. The highest BCUT2D eigenvalue weighted by Gasteiger charge is 2.13. The number of nitrogens with one attached hydrogen (secondary N) is 1. The molecule has 0 saturated heterocycles. The molecule has 1 N–H and O–H groups in total. The standard InChI is InChI=1S/C16H29NO2/c1-15(2,3)8-10-18-12-14-13(7-9-19-14)11-17-16(4,5)6/h7,9,17H,8,10-12H2,1-6H3. The minimum Gasteiger partial charge on any atom is -0.467 e. The van der Waals surface area contributed by atoms with Crippen molar-refractivity contribution in [2.45, 2.75) is 66.7 Å². The van der Waals surface area contributed by atoms with Crippen LogP contribution in [0, 0.1) is 5.41 Å². The van der Waals surface area contributed by atoms with E-state index in [0.29, 0.717) is 12.0 Å². The number of hydrogen-bond acceptors (Lipinski definition) is 3. The average molecular weight is 267 g/mol. The molecule has 3 nitrogen and oxygen atoms in total. The molecule has 1 aromatic rings. The number of furan rings is 1. The van der Waals surface area contributed by atoms with Gasteiger partial charge in [-0.1, -0.05) is 20.8 Å². The first-order chi connectivity index (χ1) is 8.67. The number of ether oxygens (including phenoxy) is 1. The van der Waals surface area contributed by atoms with Crippen molar-refractivity contribution in [1.82, 2.24) is 5.32 Å². The summed E-state index contributed by atoms with van der Waals surface area (Å²) < 4.78 is 11.2. The van der Waals surface area contributed by atoms with E-state index in [2.05, 4.69) is 46.9 Å². The highest BCUT2D eigenvalue weighted by atomic mass is 16.5. The Balaban J connectivity index is 2.37. The molecule has 110 valence electrons. The Labute approximate surface area is 117 Å². The van der Waals surface area contributed by atoms with Crippen molar-refractivity contribution in [3.63, 3.8) is 0 Å². The third kappa shape index (κ3) is 7.38. The van der Waals surface area contributed by atoms with Crippen LogP contribution >= 0.6 is 0 Å². The summed E-state index contributed by atoms with van der Waals surface area (Å²) in [7, 11) is 0. The number of rotatable bonds is 6. The first-order valence-corrected chi connectivity index (χ1v) is 7.05. The fraction of sp³-hybridized carbons (Fsp3) is 0.750. The maximum Gasteiger partial charge on any atom is 0.133 e. The van der Waals surface area contributed by atoms with E-state index >= 15 is 0 Å². The van der Waals surface area contributed by atoms with Crippen molar-refractivity contribution in [3.8, 4) is 0 Å². The Bertz CT molecular complexity index is 369. The molecule has 0 radical (unpaired) electrons. The van der Waals surface area contributed by atoms with Crippen molar-refractivity contribution < 1.29 is 9.15 Å². The van der Waals surface area contributed by atoms with Crippen LogP contribution in [0.2, 0.25) is 0 Å². The maximum absolute atomic E-state index is 5.71.